The van der Waals surface area contributed by atoms with Gasteiger partial charge in [0.25, 0.3) is 5.91 Å². The molecule has 1 atom stereocenters. The van der Waals surface area contributed by atoms with Gasteiger partial charge in [0.05, 0.1) is 28.6 Å². The lowest BCUT2D eigenvalue weighted by atomic mass is 10.1. The summed E-state index contributed by atoms with van der Waals surface area (Å²) in [6.45, 7) is 1.61. The molecule has 0 saturated heterocycles. The summed E-state index contributed by atoms with van der Waals surface area (Å²) in [6, 6.07) is 20.9. The molecule has 4 rings (SSSR count). The van der Waals surface area contributed by atoms with Gasteiger partial charge in [-0.2, -0.15) is 0 Å². The maximum absolute atomic E-state index is 13.7. The van der Waals surface area contributed by atoms with E-state index in [1.54, 1.807) is 37.4 Å². The van der Waals surface area contributed by atoms with Crippen molar-refractivity contribution in [1.82, 2.24) is 9.97 Å². The lowest BCUT2D eigenvalue weighted by Gasteiger charge is -2.15. The standard InChI is InChI=1S/C23H18FN3O2/c1-15(23(28)27-19-7-3-2-6-18(19)24)29-17-12-10-16(11-13-17)22-14-25-20-8-4-5-9-21(20)26-22/h2-15H,1H3,(H,27,28)/t15-/m0/s1. The highest BCUT2D eigenvalue weighted by molar-refractivity contribution is 5.94. The number of nitrogens with zero attached hydrogens (tertiary/aromatic N) is 2. The number of rotatable bonds is 5. The Labute approximate surface area is 167 Å². The van der Waals surface area contributed by atoms with E-state index in [4.69, 9.17) is 4.74 Å². The molecule has 1 aromatic heterocycles. The second-order valence-corrected chi connectivity index (χ2v) is 6.50. The average Bonchev–Trinajstić information content (AvgIpc) is 2.75. The van der Waals surface area contributed by atoms with Crippen molar-refractivity contribution in [2.75, 3.05) is 5.32 Å². The van der Waals surface area contributed by atoms with Gasteiger partial charge < -0.3 is 10.1 Å². The number of aromatic nitrogens is 2. The number of hydrogen-bond donors (Lipinski definition) is 1. The molecule has 0 unspecified atom stereocenters. The third-order valence-electron chi connectivity index (χ3n) is 4.41. The number of para-hydroxylation sites is 3. The first-order valence-electron chi connectivity index (χ1n) is 9.14. The molecule has 0 aliphatic heterocycles. The maximum atomic E-state index is 13.7. The number of carbonyl (C=O) groups excluding carboxylic acids is 1. The number of halogens is 1. The van der Waals surface area contributed by atoms with Crippen molar-refractivity contribution in [3.8, 4) is 17.0 Å². The average molecular weight is 387 g/mol. The molecule has 144 valence electrons. The van der Waals surface area contributed by atoms with Crippen LogP contribution in [-0.2, 0) is 4.79 Å². The van der Waals surface area contributed by atoms with E-state index in [0.717, 1.165) is 22.3 Å². The van der Waals surface area contributed by atoms with Gasteiger partial charge in [0, 0.05) is 5.56 Å². The maximum Gasteiger partial charge on any atom is 0.265 e. The minimum absolute atomic E-state index is 0.123. The molecule has 29 heavy (non-hydrogen) atoms. The van der Waals surface area contributed by atoms with Crippen LogP contribution in [0, 0.1) is 5.82 Å². The zero-order valence-electron chi connectivity index (χ0n) is 15.7. The highest BCUT2D eigenvalue weighted by atomic mass is 19.1. The quantitative estimate of drug-likeness (QED) is 0.532. The molecule has 3 aromatic carbocycles. The topological polar surface area (TPSA) is 64.1 Å². The Morgan fingerprint density at radius 1 is 0.966 bits per heavy atom. The molecule has 0 saturated carbocycles. The number of fused-ring (bicyclic) bond motifs is 1. The van der Waals surface area contributed by atoms with Crippen LogP contribution in [0.4, 0.5) is 10.1 Å². The first-order chi connectivity index (χ1) is 14.1. The normalized spacial score (nSPS) is 11.8. The fraction of sp³-hybridized carbons (Fsp3) is 0.0870. The highest BCUT2D eigenvalue weighted by Gasteiger charge is 2.16. The number of ether oxygens (including phenoxy) is 1. The van der Waals surface area contributed by atoms with Gasteiger partial charge in [-0.1, -0.05) is 24.3 Å². The highest BCUT2D eigenvalue weighted by Crippen LogP contribution is 2.23. The van der Waals surface area contributed by atoms with Gasteiger partial charge in [-0.25, -0.2) is 9.37 Å². The Hall–Kier alpha value is -3.80. The molecule has 0 bridgehead atoms. The number of hydrogen-bond acceptors (Lipinski definition) is 4. The second-order valence-electron chi connectivity index (χ2n) is 6.50. The van der Waals surface area contributed by atoms with Crippen molar-refractivity contribution in [3.63, 3.8) is 0 Å². The third kappa shape index (κ3) is 4.21. The molecule has 1 amide bonds. The van der Waals surface area contributed by atoms with Crippen LogP contribution in [0.25, 0.3) is 22.3 Å². The van der Waals surface area contributed by atoms with E-state index < -0.39 is 17.8 Å². The lowest BCUT2D eigenvalue weighted by molar-refractivity contribution is -0.122. The molecular formula is C23H18FN3O2. The zero-order valence-corrected chi connectivity index (χ0v) is 15.7. The first kappa shape index (κ1) is 18.6. The van der Waals surface area contributed by atoms with Gasteiger partial charge in [-0.3, -0.25) is 9.78 Å². The van der Waals surface area contributed by atoms with E-state index in [-0.39, 0.29) is 5.69 Å². The molecule has 4 aromatic rings. The summed E-state index contributed by atoms with van der Waals surface area (Å²) in [4.78, 5) is 21.3. The fourth-order valence-electron chi connectivity index (χ4n) is 2.86. The van der Waals surface area contributed by atoms with Crippen molar-refractivity contribution in [2.24, 2.45) is 0 Å². The van der Waals surface area contributed by atoms with Crippen molar-refractivity contribution >= 4 is 22.6 Å². The largest absolute Gasteiger partial charge is 0.481 e. The Kier molecular flexibility index (Phi) is 5.16. The van der Waals surface area contributed by atoms with Gasteiger partial charge in [0.2, 0.25) is 0 Å². The number of nitrogens with one attached hydrogen (secondary N) is 1. The predicted molar refractivity (Wildman–Crippen MR) is 110 cm³/mol. The van der Waals surface area contributed by atoms with Crippen LogP contribution >= 0.6 is 0 Å². The van der Waals surface area contributed by atoms with E-state index in [9.17, 15) is 9.18 Å². The number of amides is 1. The minimum Gasteiger partial charge on any atom is -0.481 e. The van der Waals surface area contributed by atoms with Crippen LogP contribution in [0.3, 0.4) is 0 Å². The third-order valence-corrected chi connectivity index (χ3v) is 4.41. The molecule has 5 nitrogen and oxygen atoms in total. The molecule has 1 heterocycles. The van der Waals surface area contributed by atoms with Crippen molar-refractivity contribution in [3.05, 3.63) is 84.8 Å². The summed E-state index contributed by atoms with van der Waals surface area (Å²) in [6.07, 6.45) is 0.934. The van der Waals surface area contributed by atoms with E-state index in [0.29, 0.717) is 5.75 Å². The van der Waals surface area contributed by atoms with Crippen molar-refractivity contribution in [2.45, 2.75) is 13.0 Å². The van der Waals surface area contributed by atoms with Crippen molar-refractivity contribution in [1.29, 1.82) is 0 Å². The first-order valence-corrected chi connectivity index (χ1v) is 9.14. The fourth-order valence-corrected chi connectivity index (χ4v) is 2.86. The molecule has 0 aliphatic carbocycles. The number of anilines is 1. The van der Waals surface area contributed by atoms with E-state index in [1.807, 2.05) is 36.4 Å². The monoisotopic (exact) mass is 387 g/mol. The predicted octanol–water partition coefficient (Wildman–Crippen LogP) is 4.84. The Morgan fingerprint density at radius 2 is 1.66 bits per heavy atom. The lowest BCUT2D eigenvalue weighted by Crippen LogP contribution is -2.30. The van der Waals surface area contributed by atoms with Crippen LogP contribution in [0.2, 0.25) is 0 Å². The zero-order chi connectivity index (χ0) is 20.2. The minimum atomic E-state index is -0.791. The van der Waals surface area contributed by atoms with Gasteiger partial charge in [0.1, 0.15) is 11.6 Å². The Morgan fingerprint density at radius 3 is 2.41 bits per heavy atom. The van der Waals surface area contributed by atoms with Crippen molar-refractivity contribution < 1.29 is 13.9 Å². The van der Waals surface area contributed by atoms with Crippen LogP contribution in [0.1, 0.15) is 6.92 Å². The number of carbonyl (C=O) groups is 1. The molecule has 1 N–H and O–H groups in total. The van der Waals surface area contributed by atoms with Gasteiger partial charge >= 0.3 is 0 Å². The number of benzene rings is 3. The Balaban J connectivity index is 1.44. The van der Waals surface area contributed by atoms with Crippen LogP contribution < -0.4 is 10.1 Å². The van der Waals surface area contributed by atoms with Gasteiger partial charge in [-0.05, 0) is 55.5 Å². The summed E-state index contributed by atoms with van der Waals surface area (Å²) in [5.74, 6) is -0.396. The summed E-state index contributed by atoms with van der Waals surface area (Å²) in [7, 11) is 0. The molecule has 0 aliphatic rings. The molecule has 0 fully saturated rings. The molecule has 0 spiro atoms. The van der Waals surface area contributed by atoms with Gasteiger partial charge in [0.15, 0.2) is 6.10 Å². The van der Waals surface area contributed by atoms with Crippen LogP contribution in [0.15, 0.2) is 79.0 Å². The van der Waals surface area contributed by atoms with E-state index >= 15 is 0 Å². The second kappa shape index (κ2) is 8.06. The summed E-state index contributed by atoms with van der Waals surface area (Å²) in [5, 5.41) is 2.53. The smallest absolute Gasteiger partial charge is 0.265 e. The molecule has 6 heteroatoms. The van der Waals surface area contributed by atoms with E-state index in [2.05, 4.69) is 15.3 Å². The van der Waals surface area contributed by atoms with Gasteiger partial charge in [-0.15, -0.1) is 0 Å². The summed E-state index contributed by atoms with van der Waals surface area (Å²) >= 11 is 0. The van der Waals surface area contributed by atoms with Crippen LogP contribution in [-0.4, -0.2) is 22.0 Å². The SMILES string of the molecule is C[C@H](Oc1ccc(-c2cnc3ccccc3n2)cc1)C(=O)Nc1ccccc1F. The summed E-state index contributed by atoms with van der Waals surface area (Å²) in [5.41, 5.74) is 3.42. The Bertz CT molecular complexity index is 1160. The molecule has 0 radical (unpaired) electrons. The van der Waals surface area contributed by atoms with E-state index in [1.165, 1.54) is 12.1 Å². The summed E-state index contributed by atoms with van der Waals surface area (Å²) < 4.78 is 19.4. The van der Waals surface area contributed by atoms with Crippen LogP contribution in [0.5, 0.6) is 5.75 Å². The molecular weight excluding hydrogens is 369 g/mol.